The van der Waals surface area contributed by atoms with Crippen LogP contribution in [0.3, 0.4) is 0 Å². The summed E-state index contributed by atoms with van der Waals surface area (Å²) in [6, 6.07) is 6.29. The van der Waals surface area contributed by atoms with Gasteiger partial charge in [-0.15, -0.1) is 0 Å². The highest BCUT2D eigenvalue weighted by atomic mass is 15.0. The van der Waals surface area contributed by atoms with Crippen molar-refractivity contribution < 1.29 is 0 Å². The fourth-order valence-corrected chi connectivity index (χ4v) is 1.35. The summed E-state index contributed by atoms with van der Waals surface area (Å²) in [7, 11) is 0. The number of nitrogens with one attached hydrogen (secondary N) is 2. The van der Waals surface area contributed by atoms with E-state index in [1.807, 2.05) is 0 Å². The maximum absolute atomic E-state index is 8.70. The predicted molar refractivity (Wildman–Crippen MR) is 58.5 cm³/mol. The summed E-state index contributed by atoms with van der Waals surface area (Å²) in [5.74, 6) is 0.770. The molecule has 0 radical (unpaired) electrons. The molecule has 1 fully saturated rings. The second kappa shape index (κ2) is 4.76. The lowest BCUT2D eigenvalue weighted by molar-refractivity contribution is 0.700. The molecule has 0 amide bonds. The maximum Gasteiger partial charge on any atom is 0.127 e. The van der Waals surface area contributed by atoms with Crippen molar-refractivity contribution in [3.8, 4) is 6.07 Å². The molecule has 0 bridgehead atoms. The Hall–Kier alpha value is -1.60. The van der Waals surface area contributed by atoms with E-state index in [1.165, 1.54) is 12.8 Å². The standard InChI is InChI=1S/C11H14N4/c12-8-9-3-4-14-11(7-9)15-6-5-13-10-1-2-10/h3-4,7,10,13H,1-2,5-6H2,(H,14,15). The number of anilines is 1. The van der Waals surface area contributed by atoms with Crippen LogP contribution >= 0.6 is 0 Å². The third kappa shape index (κ3) is 3.22. The van der Waals surface area contributed by atoms with Crippen LogP contribution in [-0.2, 0) is 0 Å². The van der Waals surface area contributed by atoms with Gasteiger partial charge in [-0.05, 0) is 25.0 Å². The molecule has 2 rings (SSSR count). The smallest absolute Gasteiger partial charge is 0.127 e. The topological polar surface area (TPSA) is 60.7 Å². The van der Waals surface area contributed by atoms with E-state index in [2.05, 4.69) is 21.7 Å². The van der Waals surface area contributed by atoms with Gasteiger partial charge in [0.15, 0.2) is 0 Å². The zero-order chi connectivity index (χ0) is 10.5. The number of hydrogen-bond acceptors (Lipinski definition) is 4. The van der Waals surface area contributed by atoms with Gasteiger partial charge in [0.05, 0.1) is 11.6 Å². The molecule has 0 aromatic carbocycles. The van der Waals surface area contributed by atoms with E-state index in [4.69, 9.17) is 5.26 Å². The molecule has 1 heterocycles. The normalized spacial score (nSPS) is 14.6. The highest BCUT2D eigenvalue weighted by Gasteiger charge is 2.19. The van der Waals surface area contributed by atoms with Crippen LogP contribution in [0, 0.1) is 11.3 Å². The van der Waals surface area contributed by atoms with Gasteiger partial charge in [-0.3, -0.25) is 0 Å². The molecule has 1 saturated carbocycles. The van der Waals surface area contributed by atoms with Crippen molar-refractivity contribution in [2.24, 2.45) is 0 Å². The van der Waals surface area contributed by atoms with E-state index in [9.17, 15) is 0 Å². The second-order valence-electron chi connectivity index (χ2n) is 3.70. The molecule has 0 unspecified atom stereocenters. The number of rotatable bonds is 5. The Labute approximate surface area is 89.3 Å². The van der Waals surface area contributed by atoms with Crippen molar-refractivity contribution in [2.45, 2.75) is 18.9 Å². The third-order valence-electron chi connectivity index (χ3n) is 2.33. The average molecular weight is 202 g/mol. The molecule has 0 aliphatic heterocycles. The molecule has 78 valence electrons. The van der Waals surface area contributed by atoms with Gasteiger partial charge in [0.2, 0.25) is 0 Å². The quantitative estimate of drug-likeness (QED) is 0.702. The molecule has 4 nitrogen and oxygen atoms in total. The molecular formula is C11H14N4. The predicted octanol–water partition coefficient (Wildman–Crippen LogP) is 1.12. The fraction of sp³-hybridized carbons (Fsp3) is 0.455. The summed E-state index contributed by atoms with van der Waals surface area (Å²) < 4.78 is 0. The lowest BCUT2D eigenvalue weighted by atomic mass is 10.3. The molecule has 15 heavy (non-hydrogen) atoms. The molecule has 4 heteroatoms. The zero-order valence-electron chi connectivity index (χ0n) is 8.53. The third-order valence-corrected chi connectivity index (χ3v) is 2.33. The van der Waals surface area contributed by atoms with Crippen LogP contribution in [0.2, 0.25) is 0 Å². The van der Waals surface area contributed by atoms with E-state index in [0.29, 0.717) is 5.56 Å². The van der Waals surface area contributed by atoms with E-state index in [0.717, 1.165) is 24.9 Å². The van der Waals surface area contributed by atoms with Crippen LogP contribution in [0.1, 0.15) is 18.4 Å². The highest BCUT2D eigenvalue weighted by Crippen LogP contribution is 2.17. The Kier molecular flexibility index (Phi) is 3.15. The van der Waals surface area contributed by atoms with E-state index < -0.39 is 0 Å². The number of pyridine rings is 1. The van der Waals surface area contributed by atoms with Gasteiger partial charge in [0.25, 0.3) is 0 Å². The first-order valence-corrected chi connectivity index (χ1v) is 5.22. The Balaban J connectivity index is 1.74. The largest absolute Gasteiger partial charge is 0.369 e. The van der Waals surface area contributed by atoms with Crippen molar-refractivity contribution in [1.29, 1.82) is 5.26 Å². The van der Waals surface area contributed by atoms with E-state index in [1.54, 1.807) is 18.3 Å². The minimum atomic E-state index is 0.641. The first kappa shape index (κ1) is 9.94. The lowest BCUT2D eigenvalue weighted by Crippen LogP contribution is -2.24. The second-order valence-corrected chi connectivity index (χ2v) is 3.70. The molecule has 0 spiro atoms. The number of nitrogens with zero attached hydrogens (tertiary/aromatic N) is 2. The highest BCUT2D eigenvalue weighted by molar-refractivity contribution is 5.42. The van der Waals surface area contributed by atoms with Crippen LogP contribution in [0.4, 0.5) is 5.82 Å². The van der Waals surface area contributed by atoms with Gasteiger partial charge >= 0.3 is 0 Å². The number of aromatic nitrogens is 1. The molecule has 2 N–H and O–H groups in total. The van der Waals surface area contributed by atoms with Gasteiger partial charge < -0.3 is 10.6 Å². The summed E-state index contributed by atoms with van der Waals surface area (Å²) >= 11 is 0. The zero-order valence-corrected chi connectivity index (χ0v) is 8.53. The molecular weight excluding hydrogens is 188 g/mol. The van der Waals surface area contributed by atoms with Crippen molar-refractivity contribution >= 4 is 5.82 Å². The van der Waals surface area contributed by atoms with Crippen LogP contribution < -0.4 is 10.6 Å². The van der Waals surface area contributed by atoms with Crippen molar-refractivity contribution in [1.82, 2.24) is 10.3 Å². The minimum Gasteiger partial charge on any atom is -0.369 e. The Bertz CT molecular complexity index is 365. The molecule has 0 saturated heterocycles. The molecule has 1 aliphatic carbocycles. The van der Waals surface area contributed by atoms with Gasteiger partial charge in [0.1, 0.15) is 5.82 Å². The molecule has 1 aromatic rings. The monoisotopic (exact) mass is 202 g/mol. The lowest BCUT2D eigenvalue weighted by Gasteiger charge is -2.05. The first-order valence-electron chi connectivity index (χ1n) is 5.22. The first-order chi connectivity index (χ1) is 7.38. The Morgan fingerprint density at radius 1 is 1.47 bits per heavy atom. The van der Waals surface area contributed by atoms with Gasteiger partial charge in [-0.2, -0.15) is 5.26 Å². The van der Waals surface area contributed by atoms with E-state index >= 15 is 0 Å². The fourth-order valence-electron chi connectivity index (χ4n) is 1.35. The molecule has 1 aliphatic rings. The van der Waals surface area contributed by atoms with Crippen molar-refractivity contribution in [3.63, 3.8) is 0 Å². The average Bonchev–Trinajstić information content (AvgIpc) is 3.09. The Morgan fingerprint density at radius 3 is 3.07 bits per heavy atom. The maximum atomic E-state index is 8.70. The number of hydrogen-bond donors (Lipinski definition) is 2. The van der Waals surface area contributed by atoms with Crippen LogP contribution in [0.25, 0.3) is 0 Å². The van der Waals surface area contributed by atoms with Crippen LogP contribution in [0.15, 0.2) is 18.3 Å². The van der Waals surface area contributed by atoms with Gasteiger partial charge in [-0.25, -0.2) is 4.98 Å². The summed E-state index contributed by atoms with van der Waals surface area (Å²) in [4.78, 5) is 4.13. The van der Waals surface area contributed by atoms with E-state index in [-0.39, 0.29) is 0 Å². The summed E-state index contributed by atoms with van der Waals surface area (Å²) in [5.41, 5.74) is 0.641. The molecule has 1 aromatic heterocycles. The van der Waals surface area contributed by atoms with Crippen LogP contribution in [-0.4, -0.2) is 24.1 Å². The SMILES string of the molecule is N#Cc1ccnc(NCCNC2CC2)c1. The number of nitriles is 1. The van der Waals surface area contributed by atoms with Crippen LogP contribution in [0.5, 0.6) is 0 Å². The van der Waals surface area contributed by atoms with Gasteiger partial charge in [-0.1, -0.05) is 0 Å². The summed E-state index contributed by atoms with van der Waals surface area (Å²) in [6.07, 6.45) is 4.26. The summed E-state index contributed by atoms with van der Waals surface area (Å²) in [5, 5.41) is 15.3. The summed E-state index contributed by atoms with van der Waals surface area (Å²) in [6.45, 7) is 1.79. The van der Waals surface area contributed by atoms with Crippen molar-refractivity contribution in [3.05, 3.63) is 23.9 Å². The molecule has 0 atom stereocenters. The van der Waals surface area contributed by atoms with Gasteiger partial charge in [0, 0.05) is 25.3 Å². The minimum absolute atomic E-state index is 0.641. The van der Waals surface area contributed by atoms with Crippen molar-refractivity contribution in [2.75, 3.05) is 18.4 Å². The Morgan fingerprint density at radius 2 is 2.33 bits per heavy atom.